The molecule has 3 heterocycles. The van der Waals surface area contributed by atoms with Gasteiger partial charge in [0.15, 0.2) is 6.04 Å². The van der Waals surface area contributed by atoms with Crippen molar-refractivity contribution in [3.8, 4) is 11.5 Å². The van der Waals surface area contributed by atoms with E-state index in [-0.39, 0.29) is 31.9 Å². The molecule has 0 radical (unpaired) electrons. The molecule has 9 heteroatoms. The highest BCUT2D eigenvalue weighted by atomic mass is 32.1. The normalized spacial score (nSPS) is 18.1. The van der Waals surface area contributed by atoms with Crippen LogP contribution in [0.15, 0.2) is 21.2 Å². The Morgan fingerprint density at radius 1 is 1.43 bits per heavy atom. The summed E-state index contributed by atoms with van der Waals surface area (Å²) in [5, 5.41) is 20.8. The molecule has 23 heavy (non-hydrogen) atoms. The first-order valence-electron chi connectivity index (χ1n) is 7.10. The highest BCUT2D eigenvalue weighted by molar-refractivity contribution is 7.08. The van der Waals surface area contributed by atoms with E-state index in [0.717, 1.165) is 5.56 Å². The van der Waals surface area contributed by atoms with Crippen molar-refractivity contribution in [2.24, 2.45) is 0 Å². The molecule has 2 aromatic rings. The van der Waals surface area contributed by atoms with Gasteiger partial charge in [0, 0.05) is 30.3 Å². The monoisotopic (exact) mass is 337 g/mol. The number of carbonyl (C=O) groups excluding carboxylic acids is 1. The summed E-state index contributed by atoms with van der Waals surface area (Å²) in [4.78, 5) is 24.7. The van der Waals surface area contributed by atoms with Crippen LogP contribution in [0, 0.1) is 0 Å². The molecule has 0 spiro atoms. The minimum Gasteiger partial charge on any atom is -0.480 e. The zero-order valence-corrected chi connectivity index (χ0v) is 13.0. The summed E-state index contributed by atoms with van der Waals surface area (Å²) >= 11 is 1.53. The summed E-state index contributed by atoms with van der Waals surface area (Å²) in [7, 11) is 0. The molecule has 0 saturated carbocycles. The molecule has 1 amide bonds. The molecule has 1 saturated heterocycles. The van der Waals surface area contributed by atoms with Crippen LogP contribution in [-0.4, -0.2) is 57.9 Å². The Balaban J connectivity index is 1.59. The number of aryl methyl sites for hydroxylation is 1. The van der Waals surface area contributed by atoms with Crippen LogP contribution < -0.4 is 0 Å². The Labute approximate surface area is 135 Å². The van der Waals surface area contributed by atoms with Crippen LogP contribution in [0.1, 0.15) is 12.3 Å². The number of carboxylic acid groups (broad SMARTS) is 1. The van der Waals surface area contributed by atoms with Gasteiger partial charge < -0.3 is 19.2 Å². The number of aromatic nitrogens is 2. The smallest absolute Gasteiger partial charge is 0.328 e. The largest absolute Gasteiger partial charge is 0.480 e. The number of ether oxygens (including phenoxy) is 1. The molecule has 122 valence electrons. The number of hydrogen-bond acceptors (Lipinski definition) is 7. The zero-order chi connectivity index (χ0) is 16.2. The molecular weight excluding hydrogens is 322 g/mol. The second-order valence-corrected chi connectivity index (χ2v) is 5.81. The lowest BCUT2D eigenvalue weighted by Gasteiger charge is -2.32. The molecule has 1 atom stereocenters. The fourth-order valence-electron chi connectivity index (χ4n) is 2.32. The molecule has 0 bridgehead atoms. The summed E-state index contributed by atoms with van der Waals surface area (Å²) < 4.78 is 10.6. The van der Waals surface area contributed by atoms with Gasteiger partial charge in [0.1, 0.15) is 0 Å². The maximum atomic E-state index is 12.2. The molecule has 0 aliphatic carbocycles. The van der Waals surface area contributed by atoms with E-state index >= 15 is 0 Å². The van der Waals surface area contributed by atoms with Crippen LogP contribution >= 0.6 is 11.3 Å². The van der Waals surface area contributed by atoms with Crippen molar-refractivity contribution in [3.63, 3.8) is 0 Å². The van der Waals surface area contributed by atoms with Gasteiger partial charge in [-0.05, 0) is 11.4 Å². The highest BCUT2D eigenvalue weighted by Crippen LogP contribution is 2.21. The standard InChI is InChI=1S/C14H15N3O5S/c18-12(17-4-5-21-7-10(17)14(19)20)2-1-11-15-16-13(22-11)9-3-6-23-8-9/h3,6,8,10H,1-2,4-5,7H2,(H,19,20). The van der Waals surface area contributed by atoms with Gasteiger partial charge in [-0.15, -0.1) is 10.2 Å². The van der Waals surface area contributed by atoms with Gasteiger partial charge in [-0.2, -0.15) is 11.3 Å². The number of morpholine rings is 1. The Hall–Kier alpha value is -2.26. The van der Waals surface area contributed by atoms with Gasteiger partial charge in [-0.25, -0.2) is 4.79 Å². The number of rotatable bonds is 5. The maximum Gasteiger partial charge on any atom is 0.328 e. The van der Waals surface area contributed by atoms with Crippen molar-refractivity contribution in [3.05, 3.63) is 22.7 Å². The van der Waals surface area contributed by atoms with Crippen molar-refractivity contribution in [1.82, 2.24) is 15.1 Å². The van der Waals surface area contributed by atoms with E-state index in [1.54, 1.807) is 0 Å². The molecule has 1 unspecified atom stereocenters. The molecule has 0 aromatic carbocycles. The van der Waals surface area contributed by atoms with Crippen molar-refractivity contribution in [1.29, 1.82) is 0 Å². The first-order valence-corrected chi connectivity index (χ1v) is 8.04. The van der Waals surface area contributed by atoms with Crippen LogP contribution in [-0.2, 0) is 20.7 Å². The Bertz CT molecular complexity index is 684. The number of thiophene rings is 1. The average Bonchev–Trinajstić information content (AvgIpc) is 3.23. The number of hydrogen-bond donors (Lipinski definition) is 1. The third-order valence-corrected chi connectivity index (χ3v) is 4.20. The fourth-order valence-corrected chi connectivity index (χ4v) is 2.95. The van der Waals surface area contributed by atoms with Gasteiger partial charge >= 0.3 is 5.97 Å². The summed E-state index contributed by atoms with van der Waals surface area (Å²) in [5.41, 5.74) is 0.846. The van der Waals surface area contributed by atoms with E-state index in [1.165, 1.54) is 16.2 Å². The molecule has 3 rings (SSSR count). The Kier molecular flexibility index (Phi) is 4.68. The SMILES string of the molecule is O=C(O)C1COCCN1C(=O)CCc1nnc(-c2ccsc2)o1. The van der Waals surface area contributed by atoms with Gasteiger partial charge in [0.2, 0.25) is 17.7 Å². The van der Waals surface area contributed by atoms with Crippen LogP contribution in [0.4, 0.5) is 0 Å². The van der Waals surface area contributed by atoms with Crippen molar-refractivity contribution >= 4 is 23.2 Å². The van der Waals surface area contributed by atoms with Crippen molar-refractivity contribution in [2.75, 3.05) is 19.8 Å². The van der Waals surface area contributed by atoms with Gasteiger partial charge in [0.25, 0.3) is 0 Å². The van der Waals surface area contributed by atoms with E-state index in [4.69, 9.17) is 14.3 Å². The third kappa shape index (κ3) is 3.57. The Morgan fingerprint density at radius 3 is 3.04 bits per heavy atom. The topological polar surface area (TPSA) is 106 Å². The predicted octanol–water partition coefficient (Wildman–Crippen LogP) is 1.04. The van der Waals surface area contributed by atoms with E-state index < -0.39 is 12.0 Å². The fraction of sp³-hybridized carbons (Fsp3) is 0.429. The average molecular weight is 337 g/mol. The van der Waals surface area contributed by atoms with E-state index in [9.17, 15) is 9.59 Å². The second-order valence-electron chi connectivity index (χ2n) is 5.03. The molecule has 1 aliphatic rings. The quantitative estimate of drug-likeness (QED) is 0.869. The van der Waals surface area contributed by atoms with Crippen molar-refractivity contribution in [2.45, 2.75) is 18.9 Å². The first kappa shape index (κ1) is 15.6. The van der Waals surface area contributed by atoms with E-state index in [2.05, 4.69) is 10.2 Å². The molecule has 1 N–H and O–H groups in total. The minimum atomic E-state index is -1.06. The van der Waals surface area contributed by atoms with E-state index in [1.807, 2.05) is 16.8 Å². The molecular formula is C14H15N3O5S. The van der Waals surface area contributed by atoms with Crippen molar-refractivity contribution < 1.29 is 23.8 Å². The van der Waals surface area contributed by atoms with Crippen LogP contribution in [0.3, 0.4) is 0 Å². The maximum absolute atomic E-state index is 12.2. The summed E-state index contributed by atoms with van der Waals surface area (Å²) in [5.74, 6) is -0.533. The molecule has 1 fully saturated rings. The second kappa shape index (κ2) is 6.88. The molecule has 1 aliphatic heterocycles. The predicted molar refractivity (Wildman–Crippen MR) is 79.9 cm³/mol. The summed E-state index contributed by atoms with van der Waals surface area (Å²) in [6.07, 6.45) is 0.398. The minimum absolute atomic E-state index is 0.0178. The lowest BCUT2D eigenvalue weighted by Crippen LogP contribution is -2.52. The molecule has 8 nitrogen and oxygen atoms in total. The molecule has 2 aromatic heterocycles. The third-order valence-electron chi connectivity index (χ3n) is 3.52. The summed E-state index contributed by atoms with van der Waals surface area (Å²) in [6, 6.07) is 0.943. The van der Waals surface area contributed by atoms with Gasteiger partial charge in [0.05, 0.1) is 13.2 Å². The Morgan fingerprint density at radius 2 is 2.30 bits per heavy atom. The number of nitrogens with zero attached hydrogens (tertiary/aromatic N) is 3. The number of amides is 1. The van der Waals surface area contributed by atoms with Crippen LogP contribution in [0.25, 0.3) is 11.5 Å². The van der Waals surface area contributed by atoms with Crippen LogP contribution in [0.2, 0.25) is 0 Å². The summed E-state index contributed by atoms with van der Waals surface area (Å²) in [6.45, 7) is 0.641. The number of carbonyl (C=O) groups is 2. The van der Waals surface area contributed by atoms with Crippen LogP contribution in [0.5, 0.6) is 0 Å². The zero-order valence-electron chi connectivity index (χ0n) is 12.2. The number of aliphatic carboxylic acids is 1. The van der Waals surface area contributed by atoms with Gasteiger partial charge in [-0.3, -0.25) is 4.79 Å². The highest BCUT2D eigenvalue weighted by Gasteiger charge is 2.32. The van der Waals surface area contributed by atoms with E-state index in [0.29, 0.717) is 18.4 Å². The lowest BCUT2D eigenvalue weighted by molar-refractivity contribution is -0.158. The number of carboxylic acids is 1. The first-order chi connectivity index (χ1) is 11.1. The van der Waals surface area contributed by atoms with Gasteiger partial charge in [-0.1, -0.05) is 0 Å². The lowest BCUT2D eigenvalue weighted by atomic mass is 10.2.